The van der Waals surface area contributed by atoms with E-state index >= 15 is 0 Å². The first-order valence-corrected chi connectivity index (χ1v) is 24.7. The van der Waals surface area contributed by atoms with Crippen molar-refractivity contribution in [2.75, 3.05) is 23.0 Å². The summed E-state index contributed by atoms with van der Waals surface area (Å²) in [4.78, 5) is -0.984. The Morgan fingerprint density at radius 2 is 1.19 bits per heavy atom. The minimum absolute atomic E-state index is 0. The van der Waals surface area contributed by atoms with E-state index in [0.717, 1.165) is 6.07 Å². The van der Waals surface area contributed by atoms with Crippen LogP contribution in [0.25, 0.3) is 5.57 Å². The van der Waals surface area contributed by atoms with Crippen molar-refractivity contribution in [3.63, 3.8) is 0 Å². The summed E-state index contributed by atoms with van der Waals surface area (Å²) in [5, 5.41) is 14.2. The fraction of sp³-hybridized carbons (Fsp3) is 0.438. The average molecular weight is 1110 g/mol. The first-order chi connectivity index (χ1) is 25.9. The van der Waals surface area contributed by atoms with Crippen LogP contribution in [-0.4, -0.2) is 82.9 Å². The molecule has 0 radical (unpaired) electrons. The molecule has 0 atom stereocenters. The minimum atomic E-state index is -5.34. The molecule has 1 aliphatic heterocycles. The van der Waals surface area contributed by atoms with Crippen molar-refractivity contribution in [1.29, 1.82) is 0 Å². The van der Waals surface area contributed by atoms with Gasteiger partial charge in [0.2, 0.25) is 0 Å². The molecule has 2 aliphatic rings. The molecule has 1 aliphatic carbocycles. The Morgan fingerprint density at radius 3 is 1.69 bits per heavy atom. The van der Waals surface area contributed by atoms with Crippen LogP contribution in [0.1, 0.15) is 76.5 Å². The van der Waals surface area contributed by atoms with E-state index in [4.69, 9.17) is 0 Å². The Kier molecular flexibility index (Phi) is 31.0. The van der Waals surface area contributed by atoms with Gasteiger partial charge in [0.15, 0.2) is 0 Å². The fourth-order valence-electron chi connectivity index (χ4n) is 7.35. The third-order valence-electron chi connectivity index (χ3n) is 9.56. The van der Waals surface area contributed by atoms with Crippen molar-refractivity contribution in [2.45, 2.75) is 90.2 Å². The van der Waals surface area contributed by atoms with E-state index in [1.165, 1.54) is 43.0 Å². The summed E-state index contributed by atoms with van der Waals surface area (Å²) in [7, 11) is -24.8. The van der Waals surface area contributed by atoms with Crippen molar-refractivity contribution in [1.82, 2.24) is 0 Å². The van der Waals surface area contributed by atoms with E-state index in [1.54, 1.807) is 13.8 Å². The molecule has 2 aromatic rings. The van der Waals surface area contributed by atoms with Gasteiger partial charge in [0.05, 0.1) is 48.3 Å². The van der Waals surface area contributed by atoms with E-state index in [1.807, 2.05) is 0 Å². The van der Waals surface area contributed by atoms with Crippen LogP contribution in [0.2, 0.25) is 0 Å². The topological polar surface area (TPSA) is 328 Å². The van der Waals surface area contributed by atoms with Crippen LogP contribution in [0.5, 0.6) is 0 Å². The number of benzene rings is 2. The van der Waals surface area contributed by atoms with E-state index in [-0.39, 0.29) is 323 Å². The second-order valence-corrected chi connectivity index (χ2v) is 22.0. The van der Waals surface area contributed by atoms with Crippen molar-refractivity contribution < 1.29 is 336 Å². The summed E-state index contributed by atoms with van der Waals surface area (Å²) >= 11 is 0.399. The molecule has 2 aromatic carbocycles. The number of anilines is 1. The molecule has 4 rings (SSSR count). The predicted molar refractivity (Wildman–Crippen MR) is 196 cm³/mol. The van der Waals surface area contributed by atoms with Gasteiger partial charge in [-0.3, -0.25) is 9.59 Å². The molecule has 1 N–H and O–H groups in total. The van der Waals surface area contributed by atoms with Gasteiger partial charge >= 0.3 is 257 Å². The van der Waals surface area contributed by atoms with Gasteiger partial charge in [-0.05, 0) is 84.7 Å². The zero-order valence-corrected chi connectivity index (χ0v) is 56.0. The standard InChI is InChI=1S/C32H41NO18S6.5K/c1-31(2)21(20(10-5-7-18-53(35,36)37)27-22(52-51-50-34)13-14-23(28(27)31)55(41,42)43)11-9-12-26-32(3,4)29-24(56(44,45)46)15-16-25(57(47,48)49)30(29)33(26)17-6-8-19-54(38,39)40;;;;;/h9,11-16,34H,5-8,10,17-19H2,1-4H3,(H,35,36,37)(H,38,39,40)(H,41,42,43)(H,44,45,46)(H,47,48,49);;;;;/q;5*+1/p-5/b11-9?,26-12+;;;;;. The molecule has 0 spiro atoms. The third kappa shape index (κ3) is 17.8. The molecule has 62 heavy (non-hydrogen) atoms. The SMILES string of the molecule is CC1(C)C(C=C/C=C2/N(CCCCS(=O)(=O)[O-])c3c(S(=O)(=O)[O-])ccc(S(=O)(=O)[O-])c3C2(C)C)=C(CCCCS(=O)(=O)O)c2c(SOO[O-])ccc(S(=O)(=O)[O-])c21.[K+].[K+].[K+].[K+].[K+]. The van der Waals surface area contributed by atoms with Crippen LogP contribution in [0, 0.1) is 0 Å². The molecular weight excluding hydrogens is 1070 g/mol. The van der Waals surface area contributed by atoms with Gasteiger partial charge in [-0.25, -0.2) is 33.7 Å². The zero-order valence-electron chi connectivity index (χ0n) is 35.5. The Balaban J connectivity index is 0. The van der Waals surface area contributed by atoms with Crippen molar-refractivity contribution in [3.05, 3.63) is 70.5 Å². The molecule has 1 heterocycles. The Morgan fingerprint density at radius 1 is 0.694 bits per heavy atom. The molecule has 0 bridgehead atoms. The maximum absolute atomic E-state index is 12.6. The Bertz CT molecular complexity index is 2620. The first-order valence-electron chi connectivity index (χ1n) is 16.6. The van der Waals surface area contributed by atoms with E-state index in [0.29, 0.717) is 35.3 Å². The molecule has 0 saturated heterocycles. The normalized spacial score (nSPS) is 16.4. The third-order valence-corrected chi connectivity index (χ3v) is 14.4. The van der Waals surface area contributed by atoms with Gasteiger partial charge in [0, 0.05) is 39.3 Å². The zero-order chi connectivity index (χ0) is 43.2. The van der Waals surface area contributed by atoms with Crippen LogP contribution in [0.4, 0.5) is 5.69 Å². The molecule has 0 amide bonds. The van der Waals surface area contributed by atoms with Crippen LogP contribution in [0.15, 0.2) is 73.3 Å². The number of fused-ring (bicyclic) bond motifs is 2. The molecule has 0 unspecified atom stereocenters. The number of unbranched alkanes of at least 4 members (excludes halogenated alkanes) is 2. The summed E-state index contributed by atoms with van der Waals surface area (Å²) in [6.07, 6.45) is 3.96. The van der Waals surface area contributed by atoms with Gasteiger partial charge in [-0.1, -0.05) is 39.8 Å². The summed E-state index contributed by atoms with van der Waals surface area (Å²) in [5.41, 5.74) is -2.74. The molecule has 0 aromatic heterocycles. The maximum atomic E-state index is 12.6. The fourth-order valence-corrected chi connectivity index (χ4v) is 11.4. The smallest absolute Gasteiger partial charge is 0.748 e. The van der Waals surface area contributed by atoms with Gasteiger partial charge < -0.3 is 28.4 Å². The summed E-state index contributed by atoms with van der Waals surface area (Å²) in [5.74, 6) is -1.42. The van der Waals surface area contributed by atoms with Crippen LogP contribution >= 0.6 is 12.0 Å². The first kappa shape index (κ1) is 69.5. The van der Waals surface area contributed by atoms with Gasteiger partial charge in [0.1, 0.15) is 30.4 Å². The van der Waals surface area contributed by atoms with Gasteiger partial charge in [-0.2, -0.15) is 12.8 Å². The van der Waals surface area contributed by atoms with Crippen molar-refractivity contribution in [2.24, 2.45) is 0 Å². The molecule has 30 heteroatoms. The van der Waals surface area contributed by atoms with E-state index < -0.39 is 93.3 Å². The summed E-state index contributed by atoms with van der Waals surface area (Å²) in [6.45, 7) is 5.74. The molecular formula is C32H36K5NO18S6. The van der Waals surface area contributed by atoms with Gasteiger partial charge in [-0.15, -0.1) is 0 Å². The second kappa shape index (κ2) is 27.6. The number of rotatable bonds is 18. The molecule has 318 valence electrons. The van der Waals surface area contributed by atoms with Crippen LogP contribution in [0.3, 0.4) is 0 Å². The van der Waals surface area contributed by atoms with Gasteiger partial charge in [0.25, 0.3) is 10.1 Å². The Hall–Kier alpha value is 5.42. The maximum Gasteiger partial charge on any atom is 1.00 e. The van der Waals surface area contributed by atoms with Crippen LogP contribution in [-0.2, 0) is 70.8 Å². The van der Waals surface area contributed by atoms with E-state index in [9.17, 15) is 70.1 Å². The van der Waals surface area contributed by atoms with E-state index in [2.05, 4.69) is 9.37 Å². The number of allylic oxidation sites excluding steroid dienone is 6. The van der Waals surface area contributed by atoms with Crippen molar-refractivity contribution >= 4 is 73.9 Å². The average Bonchev–Trinajstić information content (AvgIpc) is 3.40. The largest absolute Gasteiger partial charge is 1.00 e. The number of hydrogen-bond donors (Lipinski definition) is 1. The number of hydrogen-bond acceptors (Lipinski definition) is 19. The second-order valence-electron chi connectivity index (χ2n) is 14.1. The molecule has 0 fully saturated rings. The summed E-state index contributed by atoms with van der Waals surface area (Å²) < 4.78 is 183. The minimum Gasteiger partial charge on any atom is -0.748 e. The predicted octanol–water partition coefficient (Wildman–Crippen LogP) is -12.7. The molecule has 0 saturated carbocycles. The monoisotopic (exact) mass is 1110 g/mol. The van der Waals surface area contributed by atoms with Crippen LogP contribution < -0.4 is 267 Å². The summed E-state index contributed by atoms with van der Waals surface area (Å²) in [6, 6.07) is 3.59. The molecule has 19 nitrogen and oxygen atoms in total. The quantitative estimate of drug-likeness (QED) is 0.0362. The Labute approximate surface area is 579 Å². The number of nitrogens with zero attached hydrogens (tertiary/aromatic N) is 1. The van der Waals surface area contributed by atoms with Crippen molar-refractivity contribution in [3.8, 4) is 0 Å².